The van der Waals surface area contributed by atoms with Crippen molar-refractivity contribution in [2.45, 2.75) is 180 Å². The van der Waals surface area contributed by atoms with E-state index in [2.05, 4.69) is 55.6 Å². The van der Waals surface area contributed by atoms with E-state index in [-0.39, 0.29) is 12.5 Å². The Morgan fingerprint density at radius 2 is 1.10 bits per heavy atom. The lowest BCUT2D eigenvalue weighted by Gasteiger charge is -2.22. The number of hydrogen-bond acceptors (Lipinski definition) is 3. The molecule has 234 valence electrons. The first-order valence-corrected chi connectivity index (χ1v) is 17.2. The van der Waals surface area contributed by atoms with Crippen molar-refractivity contribution in [3.8, 4) is 0 Å². The number of amides is 1. The van der Waals surface area contributed by atoms with Gasteiger partial charge in [0.2, 0.25) is 5.91 Å². The first-order valence-electron chi connectivity index (χ1n) is 17.2. The van der Waals surface area contributed by atoms with E-state index in [1.165, 1.54) is 83.5 Å². The SMILES string of the molecule is CC/C=C\C/C=C\C/C=C\CCCCCC(=O)NC(CO)C(O)CCCCCCCCCCCCCCCCC. The van der Waals surface area contributed by atoms with E-state index in [0.29, 0.717) is 12.8 Å². The molecular weight excluding hydrogens is 494 g/mol. The average molecular weight is 562 g/mol. The van der Waals surface area contributed by atoms with E-state index >= 15 is 0 Å². The van der Waals surface area contributed by atoms with Crippen molar-refractivity contribution in [3.63, 3.8) is 0 Å². The number of carbonyl (C=O) groups is 1. The highest BCUT2D eigenvalue weighted by Gasteiger charge is 2.19. The zero-order valence-electron chi connectivity index (χ0n) is 26.6. The van der Waals surface area contributed by atoms with Crippen molar-refractivity contribution in [2.24, 2.45) is 0 Å². The Balaban J connectivity index is 3.63. The third-order valence-electron chi connectivity index (χ3n) is 7.67. The van der Waals surface area contributed by atoms with Crippen molar-refractivity contribution in [3.05, 3.63) is 36.5 Å². The number of hydrogen-bond donors (Lipinski definition) is 3. The minimum atomic E-state index is -0.669. The molecule has 0 aliphatic rings. The lowest BCUT2D eigenvalue weighted by atomic mass is 10.0. The predicted molar refractivity (Wildman–Crippen MR) is 175 cm³/mol. The second-order valence-electron chi connectivity index (χ2n) is 11.6. The molecule has 40 heavy (non-hydrogen) atoms. The van der Waals surface area contributed by atoms with Crippen LogP contribution in [0.1, 0.15) is 168 Å². The van der Waals surface area contributed by atoms with Crippen LogP contribution in [-0.4, -0.2) is 34.9 Å². The monoisotopic (exact) mass is 562 g/mol. The summed E-state index contributed by atoms with van der Waals surface area (Å²) < 4.78 is 0. The maximum Gasteiger partial charge on any atom is 0.220 e. The Kier molecular flexibility index (Phi) is 31.0. The molecule has 0 aliphatic carbocycles. The highest BCUT2D eigenvalue weighted by Crippen LogP contribution is 2.15. The number of allylic oxidation sites excluding steroid dienone is 6. The third-order valence-corrected chi connectivity index (χ3v) is 7.67. The van der Waals surface area contributed by atoms with E-state index in [9.17, 15) is 15.0 Å². The molecule has 0 rings (SSSR count). The Bertz CT molecular complexity index is 613. The maximum absolute atomic E-state index is 12.3. The highest BCUT2D eigenvalue weighted by atomic mass is 16.3. The normalized spacial score (nSPS) is 13.6. The van der Waals surface area contributed by atoms with Crippen molar-refractivity contribution < 1.29 is 15.0 Å². The van der Waals surface area contributed by atoms with Gasteiger partial charge in [0.25, 0.3) is 0 Å². The molecular formula is C36H67NO3. The molecule has 0 spiro atoms. The molecule has 0 aromatic carbocycles. The zero-order chi connectivity index (χ0) is 29.4. The summed E-state index contributed by atoms with van der Waals surface area (Å²) in [7, 11) is 0. The fraction of sp³-hybridized carbons (Fsp3) is 0.806. The van der Waals surface area contributed by atoms with Crippen LogP contribution in [0.5, 0.6) is 0 Å². The third kappa shape index (κ3) is 28.1. The molecule has 4 nitrogen and oxygen atoms in total. The van der Waals surface area contributed by atoms with Gasteiger partial charge in [-0.15, -0.1) is 0 Å². The molecule has 0 aliphatic heterocycles. The highest BCUT2D eigenvalue weighted by molar-refractivity contribution is 5.76. The minimum Gasteiger partial charge on any atom is -0.394 e. The summed E-state index contributed by atoms with van der Waals surface area (Å²) in [4.78, 5) is 12.3. The van der Waals surface area contributed by atoms with Crippen molar-refractivity contribution >= 4 is 5.91 Å². The lowest BCUT2D eigenvalue weighted by Crippen LogP contribution is -2.45. The zero-order valence-corrected chi connectivity index (χ0v) is 26.6. The Morgan fingerprint density at radius 3 is 1.62 bits per heavy atom. The molecule has 2 unspecified atom stereocenters. The van der Waals surface area contributed by atoms with Crippen molar-refractivity contribution in [2.75, 3.05) is 6.61 Å². The number of aliphatic hydroxyl groups excluding tert-OH is 2. The number of rotatable bonds is 30. The summed E-state index contributed by atoms with van der Waals surface area (Å²) in [6, 6.07) is -0.549. The molecule has 2 atom stereocenters. The quantitative estimate of drug-likeness (QED) is 0.0603. The Hall–Kier alpha value is -1.39. The van der Waals surface area contributed by atoms with Crippen LogP contribution in [0.2, 0.25) is 0 Å². The fourth-order valence-corrected chi connectivity index (χ4v) is 5.02. The smallest absolute Gasteiger partial charge is 0.220 e. The molecule has 0 aromatic rings. The molecule has 1 amide bonds. The fourth-order valence-electron chi connectivity index (χ4n) is 5.02. The lowest BCUT2D eigenvalue weighted by molar-refractivity contribution is -0.123. The molecule has 0 bridgehead atoms. The van der Waals surface area contributed by atoms with Crippen LogP contribution in [0.4, 0.5) is 0 Å². The van der Waals surface area contributed by atoms with Gasteiger partial charge < -0.3 is 15.5 Å². The topological polar surface area (TPSA) is 69.6 Å². The molecule has 3 N–H and O–H groups in total. The van der Waals surface area contributed by atoms with Gasteiger partial charge in [0.05, 0.1) is 18.8 Å². The van der Waals surface area contributed by atoms with Gasteiger partial charge in [-0.05, 0) is 44.9 Å². The summed E-state index contributed by atoms with van der Waals surface area (Å²) in [5.41, 5.74) is 0. The average Bonchev–Trinajstić information content (AvgIpc) is 2.96. The molecule has 4 heteroatoms. The minimum absolute atomic E-state index is 0.0626. The van der Waals surface area contributed by atoms with Gasteiger partial charge >= 0.3 is 0 Å². The maximum atomic E-state index is 12.3. The van der Waals surface area contributed by atoms with Gasteiger partial charge in [-0.2, -0.15) is 0 Å². The van der Waals surface area contributed by atoms with Gasteiger partial charge in [-0.1, -0.05) is 153 Å². The van der Waals surface area contributed by atoms with Crippen LogP contribution < -0.4 is 5.32 Å². The van der Waals surface area contributed by atoms with E-state index in [1.807, 2.05) is 0 Å². The summed E-state index contributed by atoms with van der Waals surface area (Å²) >= 11 is 0. The Morgan fingerprint density at radius 1 is 0.625 bits per heavy atom. The largest absolute Gasteiger partial charge is 0.394 e. The predicted octanol–water partition coefficient (Wildman–Crippen LogP) is 9.90. The summed E-state index contributed by atoms with van der Waals surface area (Å²) in [5, 5.41) is 23.0. The van der Waals surface area contributed by atoms with Crippen LogP contribution in [0, 0.1) is 0 Å². The van der Waals surface area contributed by atoms with Crippen LogP contribution in [-0.2, 0) is 4.79 Å². The van der Waals surface area contributed by atoms with E-state index in [0.717, 1.165) is 57.8 Å². The first-order chi connectivity index (χ1) is 19.7. The first kappa shape index (κ1) is 38.6. The Labute approximate surface area is 249 Å². The van der Waals surface area contributed by atoms with Gasteiger partial charge in [0.15, 0.2) is 0 Å². The number of carbonyl (C=O) groups excluding carboxylic acids is 1. The van der Waals surface area contributed by atoms with Gasteiger partial charge in [0.1, 0.15) is 0 Å². The van der Waals surface area contributed by atoms with E-state index in [4.69, 9.17) is 0 Å². The second kappa shape index (κ2) is 32.1. The molecule has 0 aromatic heterocycles. The molecule has 0 heterocycles. The van der Waals surface area contributed by atoms with Crippen LogP contribution >= 0.6 is 0 Å². The number of nitrogens with one attached hydrogen (secondary N) is 1. The summed E-state index contributed by atoms with van der Waals surface area (Å²) in [6.07, 6.45) is 40.5. The summed E-state index contributed by atoms with van der Waals surface area (Å²) in [5.74, 6) is -0.0626. The van der Waals surface area contributed by atoms with Crippen molar-refractivity contribution in [1.29, 1.82) is 0 Å². The van der Waals surface area contributed by atoms with Crippen LogP contribution in [0.25, 0.3) is 0 Å². The van der Waals surface area contributed by atoms with Crippen LogP contribution in [0.3, 0.4) is 0 Å². The van der Waals surface area contributed by atoms with Crippen LogP contribution in [0.15, 0.2) is 36.5 Å². The second-order valence-corrected chi connectivity index (χ2v) is 11.6. The molecule has 0 fully saturated rings. The molecule has 0 radical (unpaired) electrons. The summed E-state index contributed by atoms with van der Waals surface area (Å²) in [6.45, 7) is 4.21. The van der Waals surface area contributed by atoms with Gasteiger partial charge in [-0.25, -0.2) is 0 Å². The number of unbranched alkanes of at least 4 members (excludes halogenated alkanes) is 17. The molecule has 0 saturated heterocycles. The van der Waals surface area contributed by atoms with E-state index in [1.54, 1.807) is 0 Å². The molecule has 0 saturated carbocycles. The van der Waals surface area contributed by atoms with Crippen molar-refractivity contribution in [1.82, 2.24) is 5.32 Å². The van der Waals surface area contributed by atoms with E-state index < -0.39 is 12.1 Å². The van der Waals surface area contributed by atoms with Gasteiger partial charge in [-0.3, -0.25) is 4.79 Å². The number of aliphatic hydroxyl groups is 2. The standard InChI is InChI=1S/C36H67NO3/c1-3-5-7-9-11-13-15-17-18-20-21-23-25-27-29-31-35(39)34(33-38)37-36(40)32-30-28-26-24-22-19-16-14-12-10-8-6-4-2/h6,8,12,14,19,22,34-35,38-39H,3-5,7,9-11,13,15-18,20-21,23-33H2,1-2H3,(H,37,40)/b8-6-,14-12-,22-19-. The van der Waals surface area contributed by atoms with Gasteiger partial charge in [0, 0.05) is 6.42 Å².